The van der Waals surface area contributed by atoms with Gasteiger partial charge in [0.15, 0.2) is 5.75 Å². The van der Waals surface area contributed by atoms with E-state index in [-0.39, 0.29) is 23.2 Å². The first-order valence-electron chi connectivity index (χ1n) is 5.98. The molecule has 0 atom stereocenters. The van der Waals surface area contributed by atoms with Gasteiger partial charge in [0, 0.05) is 6.07 Å². The average Bonchev–Trinajstić information content (AvgIpc) is 3.00. The number of anilines is 1. The Labute approximate surface area is 119 Å². The number of nitrogen functional groups attached to an aromatic ring is 1. The molecule has 0 radical (unpaired) electrons. The summed E-state index contributed by atoms with van der Waals surface area (Å²) < 4.78 is 10.0. The Hall–Kier alpha value is -3.16. The van der Waals surface area contributed by atoms with E-state index in [1.54, 1.807) is 30.3 Å². The fourth-order valence-corrected chi connectivity index (χ4v) is 1.72. The summed E-state index contributed by atoms with van der Waals surface area (Å²) in [4.78, 5) is 4.17. The van der Waals surface area contributed by atoms with Crippen molar-refractivity contribution in [2.24, 2.45) is 0 Å². The molecule has 0 spiro atoms. The minimum atomic E-state index is -0.103. The Balaban J connectivity index is 1.97. The molecule has 106 valence electrons. The molecule has 0 saturated heterocycles. The monoisotopic (exact) mass is 285 g/mol. The Morgan fingerprint density at radius 2 is 2.05 bits per heavy atom. The highest BCUT2D eigenvalue weighted by Crippen LogP contribution is 2.33. The molecule has 0 fully saturated rings. The molecule has 0 saturated carbocycles. The Kier molecular flexibility index (Phi) is 3.11. The molecule has 3 aromatic rings. The van der Waals surface area contributed by atoms with Gasteiger partial charge in [0.05, 0.1) is 18.4 Å². The van der Waals surface area contributed by atoms with E-state index in [9.17, 15) is 5.11 Å². The second kappa shape index (κ2) is 5.08. The van der Waals surface area contributed by atoms with Crippen LogP contribution < -0.4 is 10.5 Å². The van der Waals surface area contributed by atoms with E-state index in [1.807, 2.05) is 0 Å². The number of aromatic hydroxyl groups is 1. The lowest BCUT2D eigenvalue weighted by molar-refractivity contribution is 0.392. The average molecular weight is 285 g/mol. The van der Waals surface area contributed by atoms with Crippen LogP contribution in [0.5, 0.6) is 11.6 Å². The highest BCUT2D eigenvalue weighted by molar-refractivity contribution is 5.72. The van der Waals surface area contributed by atoms with Crippen LogP contribution in [0.1, 0.15) is 0 Å². The lowest BCUT2D eigenvalue weighted by Gasteiger charge is -2.01. The predicted octanol–water partition coefficient (Wildman–Crippen LogP) is 1.49. The molecule has 2 heterocycles. The number of methoxy groups -OCH3 is 1. The summed E-state index contributed by atoms with van der Waals surface area (Å²) in [5, 5.41) is 21.5. The molecule has 3 rings (SSSR count). The predicted molar refractivity (Wildman–Crippen MR) is 73.4 cm³/mol. The van der Waals surface area contributed by atoms with Crippen LogP contribution in [0, 0.1) is 0 Å². The van der Waals surface area contributed by atoms with E-state index in [2.05, 4.69) is 20.3 Å². The van der Waals surface area contributed by atoms with Gasteiger partial charge >= 0.3 is 0 Å². The lowest BCUT2D eigenvalue weighted by Crippen LogP contribution is -1.93. The maximum atomic E-state index is 9.90. The van der Waals surface area contributed by atoms with Crippen LogP contribution in [-0.4, -0.2) is 32.6 Å². The van der Waals surface area contributed by atoms with Crippen molar-refractivity contribution in [1.29, 1.82) is 0 Å². The summed E-state index contributed by atoms with van der Waals surface area (Å²) in [5.74, 6) is 0.679. The van der Waals surface area contributed by atoms with Gasteiger partial charge in [-0.2, -0.15) is 4.98 Å². The van der Waals surface area contributed by atoms with Gasteiger partial charge in [0.25, 0.3) is 5.89 Å². The number of phenols is 1. The summed E-state index contributed by atoms with van der Waals surface area (Å²) in [6.45, 7) is 0. The van der Waals surface area contributed by atoms with Crippen LogP contribution in [-0.2, 0) is 0 Å². The molecule has 21 heavy (non-hydrogen) atoms. The number of nitrogens with zero attached hydrogens (tertiary/aromatic N) is 4. The number of nitrogens with two attached hydrogens (primary N) is 1. The zero-order valence-corrected chi connectivity index (χ0v) is 11.0. The first kappa shape index (κ1) is 12.9. The van der Waals surface area contributed by atoms with Crippen molar-refractivity contribution in [2.75, 3.05) is 12.8 Å². The number of aromatic nitrogens is 4. The van der Waals surface area contributed by atoms with Gasteiger partial charge in [-0.25, -0.2) is 0 Å². The normalized spacial score (nSPS) is 10.5. The number of rotatable bonds is 3. The van der Waals surface area contributed by atoms with Gasteiger partial charge in [-0.3, -0.25) is 0 Å². The summed E-state index contributed by atoms with van der Waals surface area (Å²) in [7, 11) is 1.50. The van der Waals surface area contributed by atoms with Gasteiger partial charge in [-0.05, 0) is 18.2 Å². The van der Waals surface area contributed by atoms with E-state index in [1.165, 1.54) is 7.11 Å². The van der Waals surface area contributed by atoms with Crippen molar-refractivity contribution in [1.82, 2.24) is 20.3 Å². The number of hydrogen-bond acceptors (Lipinski definition) is 8. The maximum Gasteiger partial charge on any atom is 0.262 e. The number of benzene rings is 1. The summed E-state index contributed by atoms with van der Waals surface area (Å²) in [5.41, 5.74) is 6.65. The van der Waals surface area contributed by atoms with Crippen LogP contribution in [0.15, 0.2) is 34.9 Å². The molecule has 2 aromatic heterocycles. The zero-order valence-electron chi connectivity index (χ0n) is 11.0. The molecular weight excluding hydrogens is 274 g/mol. The summed E-state index contributed by atoms with van der Waals surface area (Å²) in [6.07, 6.45) is 0. The van der Waals surface area contributed by atoms with E-state index in [4.69, 9.17) is 15.0 Å². The molecule has 0 bridgehead atoms. The number of hydrogen-bond donors (Lipinski definition) is 2. The Bertz CT molecular complexity index is 770. The Morgan fingerprint density at radius 1 is 1.19 bits per heavy atom. The lowest BCUT2D eigenvalue weighted by atomic mass is 10.2. The van der Waals surface area contributed by atoms with Crippen LogP contribution in [0.3, 0.4) is 0 Å². The summed E-state index contributed by atoms with van der Waals surface area (Å²) in [6, 6.07) is 8.17. The first-order valence-corrected chi connectivity index (χ1v) is 5.98. The maximum absolute atomic E-state index is 9.90. The minimum Gasteiger partial charge on any atom is -0.505 e. The molecule has 3 N–H and O–H groups in total. The fourth-order valence-electron chi connectivity index (χ4n) is 1.72. The van der Waals surface area contributed by atoms with Crippen molar-refractivity contribution < 1.29 is 14.4 Å². The van der Waals surface area contributed by atoms with E-state index >= 15 is 0 Å². The molecule has 0 aliphatic rings. The number of ether oxygens (including phenoxy) is 1. The van der Waals surface area contributed by atoms with Gasteiger partial charge in [-0.1, -0.05) is 11.2 Å². The zero-order chi connectivity index (χ0) is 14.8. The molecule has 0 aliphatic heterocycles. The SMILES string of the molecule is COc1ccc(-c2noc(-c3cccc(N)c3O)n2)nn1. The molecule has 1 aromatic carbocycles. The topological polar surface area (TPSA) is 120 Å². The van der Waals surface area contributed by atoms with Crippen molar-refractivity contribution in [3.63, 3.8) is 0 Å². The molecule has 0 aliphatic carbocycles. The number of para-hydroxylation sites is 1. The molecule has 8 nitrogen and oxygen atoms in total. The standard InChI is InChI=1S/C13H11N5O3/c1-20-10-6-5-9(16-17-10)12-15-13(21-18-12)7-3-2-4-8(14)11(7)19/h2-6,19H,14H2,1H3. The number of phenolic OH excluding ortho intramolecular Hbond substituents is 1. The van der Waals surface area contributed by atoms with Gasteiger partial charge in [0.1, 0.15) is 5.69 Å². The third-order valence-corrected chi connectivity index (χ3v) is 2.80. The second-order valence-corrected chi connectivity index (χ2v) is 4.13. The minimum absolute atomic E-state index is 0.103. The van der Waals surface area contributed by atoms with Crippen molar-refractivity contribution in [2.45, 2.75) is 0 Å². The second-order valence-electron chi connectivity index (χ2n) is 4.13. The van der Waals surface area contributed by atoms with E-state index in [0.717, 1.165) is 0 Å². The van der Waals surface area contributed by atoms with Crippen LogP contribution in [0.4, 0.5) is 5.69 Å². The quantitative estimate of drug-likeness (QED) is 0.548. The third kappa shape index (κ3) is 2.34. The molecule has 8 heteroatoms. The molecular formula is C13H11N5O3. The first-order chi connectivity index (χ1) is 10.2. The van der Waals surface area contributed by atoms with E-state index < -0.39 is 0 Å². The Morgan fingerprint density at radius 3 is 2.76 bits per heavy atom. The van der Waals surface area contributed by atoms with E-state index in [0.29, 0.717) is 17.1 Å². The smallest absolute Gasteiger partial charge is 0.262 e. The molecule has 0 unspecified atom stereocenters. The van der Waals surface area contributed by atoms with Gasteiger partial charge in [-0.15, -0.1) is 10.2 Å². The van der Waals surface area contributed by atoms with Crippen LogP contribution in [0.2, 0.25) is 0 Å². The molecule has 0 amide bonds. The van der Waals surface area contributed by atoms with Crippen molar-refractivity contribution in [3.05, 3.63) is 30.3 Å². The van der Waals surface area contributed by atoms with Gasteiger partial charge < -0.3 is 20.1 Å². The van der Waals surface area contributed by atoms with Crippen molar-refractivity contribution >= 4 is 5.69 Å². The van der Waals surface area contributed by atoms with Crippen LogP contribution in [0.25, 0.3) is 23.0 Å². The third-order valence-electron chi connectivity index (χ3n) is 2.80. The highest BCUT2D eigenvalue weighted by Gasteiger charge is 2.16. The van der Waals surface area contributed by atoms with Crippen molar-refractivity contribution in [3.8, 4) is 34.6 Å². The van der Waals surface area contributed by atoms with Gasteiger partial charge in [0.2, 0.25) is 11.7 Å². The summed E-state index contributed by atoms with van der Waals surface area (Å²) >= 11 is 0. The fraction of sp³-hybridized carbons (Fsp3) is 0.0769. The van der Waals surface area contributed by atoms with Crippen LogP contribution >= 0.6 is 0 Å². The largest absolute Gasteiger partial charge is 0.505 e. The highest BCUT2D eigenvalue weighted by atomic mass is 16.5.